The van der Waals surface area contributed by atoms with Crippen molar-refractivity contribution in [2.24, 2.45) is 0 Å². The Bertz CT molecular complexity index is 599. The Kier molecular flexibility index (Phi) is 3.75. The molecule has 2 aromatic rings. The lowest BCUT2D eigenvalue weighted by Gasteiger charge is -2.12. The third-order valence-corrected chi connectivity index (χ3v) is 2.93. The number of halogens is 4. The second-order valence-electron chi connectivity index (χ2n) is 3.70. The van der Waals surface area contributed by atoms with E-state index in [9.17, 15) is 13.2 Å². The fourth-order valence-corrected chi connectivity index (χ4v) is 1.93. The highest BCUT2D eigenvalue weighted by molar-refractivity contribution is 9.10. The third kappa shape index (κ3) is 3.04. The van der Waals surface area contributed by atoms with Crippen LogP contribution in [-0.2, 0) is 6.18 Å². The minimum Gasteiger partial charge on any atom is -0.373 e. The molecule has 0 fully saturated rings. The van der Waals surface area contributed by atoms with Crippen molar-refractivity contribution >= 4 is 21.7 Å². The summed E-state index contributed by atoms with van der Waals surface area (Å²) in [4.78, 5) is 7.92. The first-order valence-corrected chi connectivity index (χ1v) is 6.09. The molecule has 2 rings (SSSR count). The van der Waals surface area contributed by atoms with Gasteiger partial charge in [-0.25, -0.2) is 9.97 Å². The molecule has 0 saturated heterocycles. The van der Waals surface area contributed by atoms with Crippen molar-refractivity contribution in [3.05, 3.63) is 40.5 Å². The molecular formula is C12H9BrF3N3. The SMILES string of the molecule is CNc1ccnc(-c2ccc(Br)cc2C(F)(F)F)n1. The van der Waals surface area contributed by atoms with Crippen molar-refractivity contribution < 1.29 is 13.2 Å². The number of hydrogen-bond acceptors (Lipinski definition) is 3. The minimum atomic E-state index is -4.46. The molecule has 0 aliphatic rings. The molecule has 0 aliphatic carbocycles. The van der Waals surface area contributed by atoms with Gasteiger partial charge in [0, 0.05) is 23.3 Å². The van der Waals surface area contributed by atoms with Gasteiger partial charge in [-0.2, -0.15) is 13.2 Å². The van der Waals surface area contributed by atoms with Crippen LogP contribution < -0.4 is 5.32 Å². The van der Waals surface area contributed by atoms with Gasteiger partial charge in [-0.15, -0.1) is 0 Å². The molecule has 1 heterocycles. The van der Waals surface area contributed by atoms with Crippen LogP contribution in [0.15, 0.2) is 34.9 Å². The van der Waals surface area contributed by atoms with Gasteiger partial charge in [0.15, 0.2) is 5.82 Å². The topological polar surface area (TPSA) is 37.8 Å². The van der Waals surface area contributed by atoms with Crippen LogP contribution in [0.2, 0.25) is 0 Å². The van der Waals surface area contributed by atoms with Gasteiger partial charge in [-0.05, 0) is 24.3 Å². The Morgan fingerprint density at radius 1 is 1.21 bits per heavy atom. The monoisotopic (exact) mass is 331 g/mol. The van der Waals surface area contributed by atoms with E-state index in [1.165, 1.54) is 18.3 Å². The fourth-order valence-electron chi connectivity index (χ4n) is 1.57. The Hall–Kier alpha value is -1.63. The average molecular weight is 332 g/mol. The molecule has 19 heavy (non-hydrogen) atoms. The number of hydrogen-bond donors (Lipinski definition) is 1. The third-order valence-electron chi connectivity index (χ3n) is 2.44. The van der Waals surface area contributed by atoms with E-state index in [0.717, 1.165) is 6.07 Å². The highest BCUT2D eigenvalue weighted by Crippen LogP contribution is 2.37. The molecule has 0 radical (unpaired) electrons. The Morgan fingerprint density at radius 3 is 2.58 bits per heavy atom. The van der Waals surface area contributed by atoms with Crippen molar-refractivity contribution in [2.45, 2.75) is 6.18 Å². The summed E-state index contributed by atoms with van der Waals surface area (Å²) >= 11 is 3.04. The van der Waals surface area contributed by atoms with Crippen molar-refractivity contribution in [1.82, 2.24) is 9.97 Å². The van der Waals surface area contributed by atoms with Gasteiger partial charge in [0.25, 0.3) is 0 Å². The standard InChI is InChI=1S/C12H9BrF3N3/c1-17-10-4-5-18-11(19-10)8-3-2-7(13)6-9(8)12(14,15)16/h2-6H,1H3,(H,17,18,19). The number of aromatic nitrogens is 2. The van der Waals surface area contributed by atoms with Crippen LogP contribution in [0, 0.1) is 0 Å². The van der Waals surface area contributed by atoms with Crippen LogP contribution in [0.5, 0.6) is 0 Å². The van der Waals surface area contributed by atoms with E-state index in [2.05, 4.69) is 31.2 Å². The first-order valence-electron chi connectivity index (χ1n) is 5.29. The molecule has 0 aliphatic heterocycles. The molecular weight excluding hydrogens is 323 g/mol. The van der Waals surface area contributed by atoms with Crippen molar-refractivity contribution in [3.63, 3.8) is 0 Å². The number of nitrogens with zero attached hydrogens (tertiary/aromatic N) is 2. The Labute approximate surface area is 116 Å². The summed E-state index contributed by atoms with van der Waals surface area (Å²) in [6, 6.07) is 5.47. The number of alkyl halides is 3. The smallest absolute Gasteiger partial charge is 0.373 e. The minimum absolute atomic E-state index is 0.0340. The van der Waals surface area contributed by atoms with Gasteiger partial charge in [0.2, 0.25) is 0 Å². The maximum Gasteiger partial charge on any atom is 0.417 e. The summed E-state index contributed by atoms with van der Waals surface area (Å²) in [6.45, 7) is 0. The van der Waals surface area contributed by atoms with E-state index < -0.39 is 11.7 Å². The van der Waals surface area contributed by atoms with Crippen molar-refractivity contribution in [3.8, 4) is 11.4 Å². The van der Waals surface area contributed by atoms with Crippen molar-refractivity contribution in [1.29, 1.82) is 0 Å². The van der Waals surface area contributed by atoms with E-state index in [0.29, 0.717) is 10.3 Å². The van der Waals surface area contributed by atoms with E-state index in [1.807, 2.05) is 0 Å². The van der Waals surface area contributed by atoms with Crippen LogP contribution in [0.25, 0.3) is 11.4 Å². The second-order valence-corrected chi connectivity index (χ2v) is 4.62. The molecule has 7 heteroatoms. The normalized spacial score (nSPS) is 11.4. The highest BCUT2D eigenvalue weighted by Gasteiger charge is 2.34. The molecule has 1 N–H and O–H groups in total. The van der Waals surface area contributed by atoms with Gasteiger partial charge in [0.1, 0.15) is 5.82 Å². The summed E-state index contributed by atoms with van der Waals surface area (Å²) in [7, 11) is 1.64. The highest BCUT2D eigenvalue weighted by atomic mass is 79.9. The number of rotatable bonds is 2. The summed E-state index contributed by atoms with van der Waals surface area (Å²) < 4.78 is 39.4. The van der Waals surface area contributed by atoms with E-state index in [1.54, 1.807) is 13.1 Å². The summed E-state index contributed by atoms with van der Waals surface area (Å²) in [5.41, 5.74) is -0.817. The lowest BCUT2D eigenvalue weighted by Crippen LogP contribution is -2.08. The molecule has 0 unspecified atom stereocenters. The molecule has 0 bridgehead atoms. The average Bonchev–Trinajstić information content (AvgIpc) is 2.37. The lowest BCUT2D eigenvalue weighted by atomic mass is 10.1. The zero-order chi connectivity index (χ0) is 14.0. The summed E-state index contributed by atoms with van der Waals surface area (Å²) in [5.74, 6) is 0.493. The largest absolute Gasteiger partial charge is 0.417 e. The zero-order valence-electron chi connectivity index (χ0n) is 9.79. The van der Waals surface area contributed by atoms with Crippen molar-refractivity contribution in [2.75, 3.05) is 12.4 Å². The second kappa shape index (κ2) is 5.16. The maximum atomic E-state index is 13.0. The molecule has 100 valence electrons. The molecule has 1 aromatic heterocycles. The predicted octanol–water partition coefficient (Wildman–Crippen LogP) is 3.97. The quantitative estimate of drug-likeness (QED) is 0.904. The van der Waals surface area contributed by atoms with Crippen LogP contribution in [0.3, 0.4) is 0 Å². The van der Waals surface area contributed by atoms with E-state index in [-0.39, 0.29) is 11.4 Å². The van der Waals surface area contributed by atoms with Gasteiger partial charge < -0.3 is 5.32 Å². The Balaban J connectivity index is 2.61. The molecule has 0 atom stereocenters. The van der Waals surface area contributed by atoms with Crippen LogP contribution >= 0.6 is 15.9 Å². The van der Waals surface area contributed by atoms with E-state index >= 15 is 0 Å². The summed E-state index contributed by atoms with van der Waals surface area (Å²) in [6.07, 6.45) is -3.05. The maximum absolute atomic E-state index is 13.0. The predicted molar refractivity (Wildman–Crippen MR) is 69.7 cm³/mol. The van der Waals surface area contributed by atoms with Gasteiger partial charge in [-0.3, -0.25) is 0 Å². The molecule has 0 spiro atoms. The molecule has 1 aromatic carbocycles. The summed E-state index contributed by atoms with van der Waals surface area (Å²) in [5, 5.41) is 2.77. The van der Waals surface area contributed by atoms with Crippen LogP contribution in [0.1, 0.15) is 5.56 Å². The molecule has 0 saturated carbocycles. The number of benzene rings is 1. The van der Waals surface area contributed by atoms with E-state index in [4.69, 9.17) is 0 Å². The van der Waals surface area contributed by atoms with Gasteiger partial charge in [0.05, 0.1) is 5.56 Å². The number of nitrogens with one attached hydrogen (secondary N) is 1. The molecule has 0 amide bonds. The first kappa shape index (κ1) is 13.8. The van der Waals surface area contributed by atoms with Gasteiger partial charge >= 0.3 is 6.18 Å². The van der Waals surface area contributed by atoms with Gasteiger partial charge in [-0.1, -0.05) is 15.9 Å². The first-order chi connectivity index (χ1) is 8.91. The zero-order valence-corrected chi connectivity index (χ0v) is 11.4. The fraction of sp³-hybridized carbons (Fsp3) is 0.167. The van der Waals surface area contributed by atoms with Crippen LogP contribution in [-0.4, -0.2) is 17.0 Å². The lowest BCUT2D eigenvalue weighted by molar-refractivity contribution is -0.137. The van der Waals surface area contributed by atoms with Crippen LogP contribution in [0.4, 0.5) is 19.0 Å². The molecule has 3 nitrogen and oxygen atoms in total. The number of anilines is 1. The Morgan fingerprint density at radius 2 is 1.95 bits per heavy atom.